The number of allylic oxidation sites excluding steroid dienone is 1. The second-order valence-corrected chi connectivity index (χ2v) is 9.17. The highest BCUT2D eigenvalue weighted by Crippen LogP contribution is 2.44. The molecule has 0 saturated heterocycles. The van der Waals surface area contributed by atoms with E-state index in [0.29, 0.717) is 40.9 Å². The minimum atomic E-state index is -0.168. The Morgan fingerprint density at radius 3 is 2.41 bits per heavy atom. The van der Waals surface area contributed by atoms with Crippen LogP contribution in [0, 0.1) is 6.92 Å². The third-order valence-electron chi connectivity index (χ3n) is 6.81. The molecule has 2 aliphatic heterocycles. The lowest BCUT2D eigenvalue weighted by atomic mass is 9.99. The topological polar surface area (TPSA) is 66.5 Å². The molecule has 192 valence electrons. The number of nitrogens with zero attached hydrogens (tertiary/aromatic N) is 1. The Bertz CT molecular complexity index is 1350. The number of Topliss-reactive ketones (excluding diaryl/α,β-unsaturated/α-hetero) is 1. The predicted molar refractivity (Wildman–Crippen MR) is 141 cm³/mol. The van der Waals surface area contributed by atoms with Crippen molar-refractivity contribution in [1.82, 2.24) is 4.90 Å². The Balaban J connectivity index is 1.36. The molecular weight excluding hydrogens is 470 g/mol. The molecule has 7 heteroatoms. The molecule has 7 nitrogen and oxygen atoms in total. The Kier molecular flexibility index (Phi) is 7.06. The molecule has 3 aromatic carbocycles. The van der Waals surface area contributed by atoms with Crippen molar-refractivity contribution in [3.63, 3.8) is 0 Å². The van der Waals surface area contributed by atoms with E-state index in [1.807, 2.05) is 19.1 Å². The number of benzene rings is 3. The van der Waals surface area contributed by atoms with Crippen molar-refractivity contribution < 1.29 is 28.5 Å². The molecular formula is C30H31NO6. The van der Waals surface area contributed by atoms with Gasteiger partial charge in [0, 0.05) is 35.8 Å². The first-order valence-electron chi connectivity index (χ1n) is 12.3. The van der Waals surface area contributed by atoms with E-state index in [1.54, 1.807) is 39.5 Å². The monoisotopic (exact) mass is 501 g/mol. The molecule has 0 amide bonds. The second kappa shape index (κ2) is 10.6. The first-order valence-corrected chi connectivity index (χ1v) is 12.3. The average Bonchev–Trinajstić information content (AvgIpc) is 3.24. The van der Waals surface area contributed by atoms with E-state index in [9.17, 15) is 4.79 Å². The van der Waals surface area contributed by atoms with Crippen LogP contribution < -0.4 is 23.7 Å². The average molecular weight is 502 g/mol. The number of rotatable bonds is 8. The van der Waals surface area contributed by atoms with Gasteiger partial charge >= 0.3 is 0 Å². The van der Waals surface area contributed by atoms with Crippen LogP contribution in [0.4, 0.5) is 0 Å². The number of carbonyl (C=O) groups is 1. The third kappa shape index (κ3) is 4.87. The van der Waals surface area contributed by atoms with Gasteiger partial charge in [-0.15, -0.1) is 0 Å². The zero-order chi connectivity index (χ0) is 25.9. The summed E-state index contributed by atoms with van der Waals surface area (Å²) in [4.78, 5) is 15.6. The number of hydrogen-bond acceptors (Lipinski definition) is 7. The zero-order valence-electron chi connectivity index (χ0n) is 21.6. The summed E-state index contributed by atoms with van der Waals surface area (Å²) < 4.78 is 28.5. The Morgan fingerprint density at radius 2 is 1.68 bits per heavy atom. The molecule has 2 heterocycles. The normalized spacial score (nSPS) is 15.6. The van der Waals surface area contributed by atoms with Crippen molar-refractivity contribution in [3.05, 3.63) is 82.1 Å². The second-order valence-electron chi connectivity index (χ2n) is 9.17. The maximum Gasteiger partial charge on any atom is 0.231 e. The molecule has 0 aromatic heterocycles. The van der Waals surface area contributed by atoms with Gasteiger partial charge in [-0.25, -0.2) is 0 Å². The van der Waals surface area contributed by atoms with Crippen LogP contribution in [0.25, 0.3) is 6.08 Å². The fourth-order valence-electron chi connectivity index (χ4n) is 4.90. The summed E-state index contributed by atoms with van der Waals surface area (Å²) in [7, 11) is 4.69. The summed E-state index contributed by atoms with van der Waals surface area (Å²) in [6, 6.07) is 15.9. The molecule has 2 aliphatic rings. The van der Waals surface area contributed by atoms with Gasteiger partial charge in [-0.1, -0.05) is 30.3 Å². The van der Waals surface area contributed by atoms with E-state index in [0.717, 1.165) is 42.8 Å². The number of hydrogen-bond donors (Lipinski definition) is 0. The van der Waals surface area contributed by atoms with E-state index in [4.69, 9.17) is 23.7 Å². The number of ether oxygens (including phenoxy) is 5. The van der Waals surface area contributed by atoms with Crippen molar-refractivity contribution in [2.75, 3.05) is 34.6 Å². The van der Waals surface area contributed by atoms with Crippen molar-refractivity contribution in [3.8, 4) is 28.7 Å². The van der Waals surface area contributed by atoms with Crippen molar-refractivity contribution >= 4 is 11.9 Å². The minimum Gasteiger partial charge on any atom is -0.496 e. The fraction of sp³-hybridized carbons (Fsp3) is 0.300. The quantitative estimate of drug-likeness (QED) is 0.382. The van der Waals surface area contributed by atoms with Gasteiger partial charge in [0.25, 0.3) is 0 Å². The molecule has 0 N–H and O–H groups in total. The summed E-state index contributed by atoms with van der Waals surface area (Å²) >= 11 is 0. The van der Waals surface area contributed by atoms with E-state index >= 15 is 0 Å². The largest absolute Gasteiger partial charge is 0.496 e. The van der Waals surface area contributed by atoms with Crippen LogP contribution in [-0.2, 0) is 13.0 Å². The summed E-state index contributed by atoms with van der Waals surface area (Å²) in [5.41, 5.74) is 4.38. The van der Waals surface area contributed by atoms with Gasteiger partial charge in [0.1, 0.15) is 24.0 Å². The number of carbonyl (C=O) groups excluding carboxylic acids is 1. The van der Waals surface area contributed by atoms with E-state index < -0.39 is 0 Å². The highest BCUT2D eigenvalue weighted by atomic mass is 16.5. The van der Waals surface area contributed by atoms with Crippen LogP contribution in [0.1, 0.15) is 39.0 Å². The number of ketones is 1. The molecule has 0 radical (unpaired) electrons. The summed E-state index contributed by atoms with van der Waals surface area (Å²) in [5, 5.41) is 0. The van der Waals surface area contributed by atoms with Gasteiger partial charge in [-0.05, 0) is 43.5 Å². The SMILES string of the molecule is COc1cc(OC)c(OC)cc1/C=C1\Oc2c(cc3c(c2C)OCN(CCCc2ccccc2)C3)C1=O. The first kappa shape index (κ1) is 24.7. The van der Waals surface area contributed by atoms with Crippen LogP contribution >= 0.6 is 0 Å². The smallest absolute Gasteiger partial charge is 0.231 e. The van der Waals surface area contributed by atoms with Crippen molar-refractivity contribution in [2.45, 2.75) is 26.3 Å². The number of methoxy groups -OCH3 is 3. The van der Waals surface area contributed by atoms with E-state index in [-0.39, 0.29) is 11.5 Å². The fourth-order valence-corrected chi connectivity index (χ4v) is 4.90. The Labute approximate surface area is 217 Å². The third-order valence-corrected chi connectivity index (χ3v) is 6.81. The molecule has 0 spiro atoms. The van der Waals surface area contributed by atoms with Gasteiger partial charge in [-0.3, -0.25) is 9.69 Å². The maximum absolute atomic E-state index is 13.4. The molecule has 0 fully saturated rings. The summed E-state index contributed by atoms with van der Waals surface area (Å²) in [5.74, 6) is 3.03. The Hall–Kier alpha value is -3.97. The van der Waals surface area contributed by atoms with Crippen molar-refractivity contribution in [1.29, 1.82) is 0 Å². The lowest BCUT2D eigenvalue weighted by Crippen LogP contribution is -2.33. The maximum atomic E-state index is 13.4. The standard InChI is InChI=1S/C30H31NO6/c1-19-29-22(17-31(18-36-29)12-8-11-20-9-6-5-7-10-20)13-23-28(32)27(37-30(19)23)15-21-14-25(34-3)26(35-4)16-24(21)33-2/h5-7,9-10,13-16H,8,11-12,17-18H2,1-4H3/b27-15-. The molecule has 0 unspecified atom stereocenters. The molecule has 37 heavy (non-hydrogen) atoms. The Morgan fingerprint density at radius 1 is 0.946 bits per heavy atom. The summed E-state index contributed by atoms with van der Waals surface area (Å²) in [6.07, 6.45) is 3.74. The lowest BCUT2D eigenvalue weighted by molar-refractivity contribution is 0.0932. The van der Waals surface area contributed by atoms with Gasteiger partial charge in [0.15, 0.2) is 17.3 Å². The van der Waals surface area contributed by atoms with Crippen LogP contribution in [0.15, 0.2) is 54.3 Å². The van der Waals surface area contributed by atoms with Crippen LogP contribution in [0.3, 0.4) is 0 Å². The van der Waals surface area contributed by atoms with Gasteiger partial charge in [-0.2, -0.15) is 0 Å². The van der Waals surface area contributed by atoms with Crippen molar-refractivity contribution in [2.24, 2.45) is 0 Å². The van der Waals surface area contributed by atoms with E-state index in [2.05, 4.69) is 29.2 Å². The van der Waals surface area contributed by atoms with Gasteiger partial charge < -0.3 is 23.7 Å². The molecule has 5 rings (SSSR count). The van der Waals surface area contributed by atoms with Crippen LogP contribution in [0.5, 0.6) is 28.7 Å². The van der Waals surface area contributed by atoms with Crippen LogP contribution in [0.2, 0.25) is 0 Å². The highest BCUT2D eigenvalue weighted by molar-refractivity contribution is 6.15. The summed E-state index contributed by atoms with van der Waals surface area (Å²) in [6.45, 7) is 4.10. The molecule has 0 aliphatic carbocycles. The van der Waals surface area contributed by atoms with Gasteiger partial charge in [0.05, 0.1) is 26.9 Å². The number of aryl methyl sites for hydroxylation is 1. The minimum absolute atomic E-state index is 0.168. The van der Waals surface area contributed by atoms with E-state index in [1.165, 1.54) is 5.56 Å². The zero-order valence-corrected chi connectivity index (χ0v) is 21.6. The lowest BCUT2D eigenvalue weighted by Gasteiger charge is -2.30. The van der Waals surface area contributed by atoms with Crippen LogP contribution in [-0.4, -0.2) is 45.3 Å². The van der Waals surface area contributed by atoms with Gasteiger partial charge in [0.2, 0.25) is 5.78 Å². The molecule has 0 atom stereocenters. The highest BCUT2D eigenvalue weighted by Gasteiger charge is 2.34. The predicted octanol–water partition coefficient (Wildman–Crippen LogP) is 5.42. The molecule has 0 bridgehead atoms. The number of fused-ring (bicyclic) bond motifs is 2. The molecule has 3 aromatic rings. The molecule has 0 saturated carbocycles. The first-order chi connectivity index (χ1) is 18.0.